The first-order valence-corrected chi connectivity index (χ1v) is 5.00. The van der Waals surface area contributed by atoms with Gasteiger partial charge in [0.2, 0.25) is 0 Å². The normalized spacial score (nSPS) is 11.1. The van der Waals surface area contributed by atoms with Crippen LogP contribution in [0.2, 0.25) is 5.15 Å². The first kappa shape index (κ1) is 10.7. The lowest BCUT2D eigenvalue weighted by molar-refractivity contribution is 0.415. The van der Waals surface area contributed by atoms with E-state index in [2.05, 4.69) is 10.1 Å². The number of hydrazone groups is 1. The van der Waals surface area contributed by atoms with Gasteiger partial charge in [0.05, 0.1) is 18.8 Å². The average Bonchev–Trinajstić information content (AvgIpc) is 2.30. The highest BCUT2D eigenvalue weighted by molar-refractivity contribution is 6.32. The maximum Gasteiger partial charge on any atom is 0.138 e. The highest BCUT2D eigenvalue weighted by Gasteiger charge is 2.04. The van der Waals surface area contributed by atoms with Crippen molar-refractivity contribution in [3.05, 3.63) is 35.0 Å². The molecule has 5 heteroatoms. The minimum absolute atomic E-state index is 0.381. The number of aromatic nitrogens is 1. The Morgan fingerprint density at radius 1 is 1.44 bits per heavy atom. The maximum absolute atomic E-state index is 5.97. The van der Waals surface area contributed by atoms with Gasteiger partial charge in [0.1, 0.15) is 10.9 Å². The van der Waals surface area contributed by atoms with E-state index in [9.17, 15) is 0 Å². The summed E-state index contributed by atoms with van der Waals surface area (Å²) < 4.78 is 5.13. The van der Waals surface area contributed by atoms with E-state index in [1.165, 1.54) is 6.21 Å². The summed E-state index contributed by atoms with van der Waals surface area (Å²) in [7, 11) is 1.62. The van der Waals surface area contributed by atoms with E-state index < -0.39 is 0 Å². The van der Waals surface area contributed by atoms with Crippen molar-refractivity contribution in [3.8, 4) is 5.75 Å². The molecule has 0 amide bonds. The van der Waals surface area contributed by atoms with Gasteiger partial charge in [0.15, 0.2) is 0 Å². The van der Waals surface area contributed by atoms with Gasteiger partial charge in [-0.3, -0.25) is 0 Å². The summed E-state index contributed by atoms with van der Waals surface area (Å²) >= 11 is 5.97. The van der Waals surface area contributed by atoms with Crippen molar-refractivity contribution in [2.24, 2.45) is 10.9 Å². The Balaban J connectivity index is 2.65. The summed E-state index contributed by atoms with van der Waals surface area (Å²) in [5, 5.41) is 4.75. The van der Waals surface area contributed by atoms with Crippen LogP contribution in [0.3, 0.4) is 0 Å². The first-order valence-electron chi connectivity index (χ1n) is 4.62. The summed E-state index contributed by atoms with van der Waals surface area (Å²) in [6, 6.07) is 7.43. The summed E-state index contributed by atoms with van der Waals surface area (Å²) in [4.78, 5) is 4.23. The van der Waals surface area contributed by atoms with Crippen molar-refractivity contribution in [1.82, 2.24) is 4.98 Å². The lowest BCUT2D eigenvalue weighted by Gasteiger charge is -2.04. The Morgan fingerprint density at radius 3 is 2.94 bits per heavy atom. The van der Waals surface area contributed by atoms with Gasteiger partial charge in [-0.05, 0) is 24.3 Å². The molecular formula is C11H10ClN3O. The molecule has 82 valence electrons. The van der Waals surface area contributed by atoms with Gasteiger partial charge >= 0.3 is 0 Å². The molecule has 2 N–H and O–H groups in total. The molecule has 0 aliphatic rings. The Hall–Kier alpha value is -1.81. The fraction of sp³-hybridized carbons (Fsp3) is 0.0909. The molecule has 0 saturated heterocycles. The molecule has 1 aromatic heterocycles. The molecule has 16 heavy (non-hydrogen) atoms. The molecular weight excluding hydrogens is 226 g/mol. The molecule has 2 aromatic rings. The number of fused-ring (bicyclic) bond motifs is 1. The molecule has 0 atom stereocenters. The van der Waals surface area contributed by atoms with Gasteiger partial charge in [-0.1, -0.05) is 11.6 Å². The van der Waals surface area contributed by atoms with Crippen LogP contribution in [-0.4, -0.2) is 18.3 Å². The molecule has 0 aliphatic heterocycles. The molecule has 1 heterocycles. The van der Waals surface area contributed by atoms with E-state index in [1.54, 1.807) is 7.11 Å². The smallest absolute Gasteiger partial charge is 0.138 e. The molecule has 2 rings (SSSR count). The van der Waals surface area contributed by atoms with Gasteiger partial charge in [-0.2, -0.15) is 5.10 Å². The number of methoxy groups -OCH3 is 1. The van der Waals surface area contributed by atoms with Crippen LogP contribution < -0.4 is 10.6 Å². The second-order valence-corrected chi connectivity index (χ2v) is 3.56. The number of nitrogens with zero attached hydrogens (tertiary/aromatic N) is 2. The zero-order valence-corrected chi connectivity index (χ0v) is 9.40. The molecule has 0 radical (unpaired) electrons. The van der Waals surface area contributed by atoms with Crippen molar-refractivity contribution >= 4 is 28.7 Å². The van der Waals surface area contributed by atoms with Gasteiger partial charge in [0, 0.05) is 10.9 Å². The highest BCUT2D eigenvalue weighted by atomic mass is 35.5. The van der Waals surface area contributed by atoms with Crippen LogP contribution in [0.1, 0.15) is 5.56 Å². The number of rotatable bonds is 2. The second-order valence-electron chi connectivity index (χ2n) is 3.21. The highest BCUT2D eigenvalue weighted by Crippen LogP contribution is 2.23. The average molecular weight is 236 g/mol. The third-order valence-corrected chi connectivity index (χ3v) is 2.52. The first-order chi connectivity index (χ1) is 7.74. The molecule has 0 fully saturated rings. The predicted molar refractivity (Wildman–Crippen MR) is 65.1 cm³/mol. The number of nitrogens with two attached hydrogens (primary N) is 1. The van der Waals surface area contributed by atoms with E-state index >= 15 is 0 Å². The van der Waals surface area contributed by atoms with Crippen molar-refractivity contribution in [2.75, 3.05) is 7.11 Å². The van der Waals surface area contributed by atoms with Gasteiger partial charge in [-0.15, -0.1) is 0 Å². The second kappa shape index (κ2) is 4.37. The minimum atomic E-state index is 0.381. The van der Waals surface area contributed by atoms with Crippen LogP contribution in [0.5, 0.6) is 5.75 Å². The third kappa shape index (κ3) is 1.92. The number of ether oxygens (including phenoxy) is 1. The number of benzene rings is 1. The fourth-order valence-corrected chi connectivity index (χ4v) is 1.64. The molecule has 0 aliphatic carbocycles. The third-order valence-electron chi connectivity index (χ3n) is 2.22. The number of hydrogen-bond acceptors (Lipinski definition) is 4. The van der Waals surface area contributed by atoms with Crippen molar-refractivity contribution in [3.63, 3.8) is 0 Å². The predicted octanol–water partition coefficient (Wildman–Crippen LogP) is 2.19. The molecule has 4 nitrogen and oxygen atoms in total. The van der Waals surface area contributed by atoms with Gasteiger partial charge in [-0.25, -0.2) is 4.98 Å². The monoisotopic (exact) mass is 235 g/mol. The van der Waals surface area contributed by atoms with Crippen LogP contribution >= 0.6 is 11.6 Å². The van der Waals surface area contributed by atoms with E-state index in [4.69, 9.17) is 22.2 Å². The topological polar surface area (TPSA) is 60.5 Å². The van der Waals surface area contributed by atoms with E-state index in [-0.39, 0.29) is 0 Å². The minimum Gasteiger partial charge on any atom is -0.497 e. The zero-order chi connectivity index (χ0) is 11.5. The summed E-state index contributed by atoms with van der Waals surface area (Å²) in [5.41, 5.74) is 1.49. The van der Waals surface area contributed by atoms with Crippen LogP contribution in [0.4, 0.5) is 0 Å². The zero-order valence-electron chi connectivity index (χ0n) is 8.64. The lowest BCUT2D eigenvalue weighted by Crippen LogP contribution is -1.92. The van der Waals surface area contributed by atoms with E-state index in [0.717, 1.165) is 16.7 Å². The van der Waals surface area contributed by atoms with Gasteiger partial charge in [0.25, 0.3) is 0 Å². The van der Waals surface area contributed by atoms with Crippen LogP contribution in [0, 0.1) is 0 Å². The molecule has 0 bridgehead atoms. The number of halogens is 1. The van der Waals surface area contributed by atoms with E-state index in [1.807, 2.05) is 24.3 Å². The SMILES string of the molecule is COc1ccc2nc(Cl)c(/C=N\N)cc2c1. The number of hydrogen-bond donors (Lipinski definition) is 1. The summed E-state index contributed by atoms with van der Waals surface area (Å²) in [6.45, 7) is 0. The molecule has 1 aromatic carbocycles. The Labute approximate surface area is 97.7 Å². The molecule has 0 spiro atoms. The summed E-state index contributed by atoms with van der Waals surface area (Å²) in [6.07, 6.45) is 1.47. The molecule has 0 saturated carbocycles. The lowest BCUT2D eigenvalue weighted by atomic mass is 10.1. The summed E-state index contributed by atoms with van der Waals surface area (Å²) in [5.74, 6) is 5.86. The van der Waals surface area contributed by atoms with E-state index in [0.29, 0.717) is 10.7 Å². The quantitative estimate of drug-likeness (QED) is 0.376. The standard InChI is InChI=1S/C11H10ClN3O/c1-16-9-2-3-10-7(5-9)4-8(6-14-13)11(12)15-10/h2-6H,13H2,1H3/b14-6-. The van der Waals surface area contributed by atoms with Crippen LogP contribution in [0.15, 0.2) is 29.4 Å². The molecule has 0 unspecified atom stereocenters. The Kier molecular flexibility index (Phi) is 2.92. The van der Waals surface area contributed by atoms with Crippen molar-refractivity contribution < 1.29 is 4.74 Å². The Morgan fingerprint density at radius 2 is 2.25 bits per heavy atom. The fourth-order valence-electron chi connectivity index (χ4n) is 1.45. The Bertz CT molecular complexity index is 554. The maximum atomic E-state index is 5.97. The van der Waals surface area contributed by atoms with Crippen molar-refractivity contribution in [1.29, 1.82) is 0 Å². The largest absolute Gasteiger partial charge is 0.497 e. The van der Waals surface area contributed by atoms with Crippen LogP contribution in [-0.2, 0) is 0 Å². The van der Waals surface area contributed by atoms with Gasteiger partial charge < -0.3 is 10.6 Å². The number of pyridine rings is 1. The van der Waals surface area contributed by atoms with Crippen molar-refractivity contribution in [2.45, 2.75) is 0 Å². The van der Waals surface area contributed by atoms with Crippen LogP contribution in [0.25, 0.3) is 10.9 Å².